The third-order valence-corrected chi connectivity index (χ3v) is 7.15. The first-order valence-corrected chi connectivity index (χ1v) is 12.2. The molecule has 1 heterocycles. The lowest BCUT2D eigenvalue weighted by molar-refractivity contribution is 0.0720. The minimum absolute atomic E-state index is 0.0866. The van der Waals surface area contributed by atoms with E-state index in [0.29, 0.717) is 11.3 Å². The van der Waals surface area contributed by atoms with Crippen LogP contribution in [0.15, 0.2) is 56.7 Å². The van der Waals surface area contributed by atoms with E-state index in [1.807, 2.05) is 11.2 Å². The summed E-state index contributed by atoms with van der Waals surface area (Å²) < 4.78 is 29.0. The number of hydrogen-bond donors (Lipinski definition) is 1. The fourth-order valence-electron chi connectivity index (χ4n) is 3.02. The summed E-state index contributed by atoms with van der Waals surface area (Å²) >= 11 is 4.77. The molecule has 144 valence electrons. The zero-order valence-electron chi connectivity index (χ0n) is 14.9. The molecule has 3 rings (SSSR count). The number of likely N-dealkylation sites (tertiary alicyclic amines) is 1. The molecule has 0 bridgehead atoms. The Morgan fingerprint density at radius 2 is 1.74 bits per heavy atom. The van der Waals surface area contributed by atoms with Crippen molar-refractivity contribution < 1.29 is 13.2 Å². The van der Waals surface area contributed by atoms with Gasteiger partial charge in [0.1, 0.15) is 0 Å². The topological polar surface area (TPSA) is 66.5 Å². The third kappa shape index (κ3) is 4.86. The van der Waals surface area contributed by atoms with Crippen molar-refractivity contribution >= 4 is 49.3 Å². The van der Waals surface area contributed by atoms with E-state index in [0.717, 1.165) is 41.7 Å². The summed E-state index contributed by atoms with van der Waals surface area (Å²) in [5, 5.41) is 0. The zero-order valence-corrected chi connectivity index (χ0v) is 18.2. The molecule has 8 heteroatoms. The minimum Gasteiger partial charge on any atom is -0.339 e. The Balaban J connectivity index is 1.91. The summed E-state index contributed by atoms with van der Waals surface area (Å²) in [6, 6.07) is 11.6. The number of hydrogen-bond acceptors (Lipinski definition) is 4. The van der Waals surface area contributed by atoms with Crippen LogP contribution in [0.4, 0.5) is 5.69 Å². The van der Waals surface area contributed by atoms with Gasteiger partial charge in [-0.15, -0.1) is 11.8 Å². The second-order valence-corrected chi connectivity index (χ2v) is 9.77. The van der Waals surface area contributed by atoms with E-state index in [4.69, 9.17) is 0 Å². The van der Waals surface area contributed by atoms with Crippen LogP contribution < -0.4 is 4.72 Å². The number of benzene rings is 2. The van der Waals surface area contributed by atoms with Crippen molar-refractivity contribution in [1.82, 2.24) is 4.90 Å². The predicted octanol–water partition coefficient (Wildman–Crippen LogP) is 4.60. The Morgan fingerprint density at radius 1 is 1.07 bits per heavy atom. The number of amides is 1. The normalized spacial score (nSPS) is 14.8. The highest BCUT2D eigenvalue weighted by Crippen LogP contribution is 2.27. The number of carbonyl (C=O) groups excluding carboxylic acids is 1. The Kier molecular flexibility index (Phi) is 6.49. The molecule has 0 aromatic heterocycles. The van der Waals surface area contributed by atoms with Gasteiger partial charge in [0.15, 0.2) is 0 Å². The van der Waals surface area contributed by atoms with Crippen LogP contribution in [0, 0.1) is 0 Å². The van der Waals surface area contributed by atoms with E-state index in [1.54, 1.807) is 36.4 Å². The largest absolute Gasteiger partial charge is 0.339 e. The van der Waals surface area contributed by atoms with Gasteiger partial charge in [0.05, 0.1) is 10.5 Å². The molecule has 1 aliphatic rings. The quantitative estimate of drug-likeness (QED) is 0.651. The van der Waals surface area contributed by atoms with Crippen molar-refractivity contribution in [3.63, 3.8) is 0 Å². The maximum absolute atomic E-state index is 12.9. The fraction of sp³-hybridized carbons (Fsp3) is 0.316. The molecule has 0 atom stereocenters. The van der Waals surface area contributed by atoms with Crippen LogP contribution in [0.3, 0.4) is 0 Å². The molecule has 0 unspecified atom stereocenters. The van der Waals surface area contributed by atoms with Crippen molar-refractivity contribution in [3.8, 4) is 0 Å². The molecule has 27 heavy (non-hydrogen) atoms. The second kappa shape index (κ2) is 8.67. The van der Waals surface area contributed by atoms with E-state index in [1.165, 1.54) is 17.8 Å². The van der Waals surface area contributed by atoms with Gasteiger partial charge < -0.3 is 4.90 Å². The molecule has 1 amide bonds. The molecule has 1 N–H and O–H groups in total. The molecule has 1 aliphatic heterocycles. The summed E-state index contributed by atoms with van der Waals surface area (Å²) in [7, 11) is -3.78. The monoisotopic (exact) mass is 468 g/mol. The van der Waals surface area contributed by atoms with Crippen LogP contribution in [0.1, 0.15) is 29.6 Å². The third-order valence-electron chi connectivity index (χ3n) is 4.45. The van der Waals surface area contributed by atoms with Gasteiger partial charge in [-0.3, -0.25) is 9.52 Å². The fourth-order valence-corrected chi connectivity index (χ4v) is 4.94. The van der Waals surface area contributed by atoms with Crippen molar-refractivity contribution in [3.05, 3.63) is 52.5 Å². The highest BCUT2D eigenvalue weighted by atomic mass is 79.9. The number of nitrogens with zero attached hydrogens (tertiary/aromatic N) is 1. The average molecular weight is 469 g/mol. The molecule has 1 fully saturated rings. The van der Waals surface area contributed by atoms with Crippen LogP contribution >= 0.6 is 27.7 Å². The molecule has 0 radical (unpaired) electrons. The number of carbonyl (C=O) groups is 1. The number of rotatable bonds is 5. The standard InChI is InChI=1S/C19H21BrN2O3S2/c1-26-18-10-9-16(13-17(18)19(23)22-11-3-2-4-12-22)27(24,25)21-15-7-5-14(20)6-8-15/h5-10,13,21H,2-4,11-12H2,1H3. The zero-order chi connectivity index (χ0) is 19.4. The van der Waals surface area contributed by atoms with Gasteiger partial charge >= 0.3 is 0 Å². The van der Waals surface area contributed by atoms with Gasteiger partial charge in [-0.1, -0.05) is 15.9 Å². The van der Waals surface area contributed by atoms with Crippen LogP contribution in [-0.2, 0) is 10.0 Å². The molecule has 0 spiro atoms. The Morgan fingerprint density at radius 3 is 2.37 bits per heavy atom. The maximum atomic E-state index is 12.9. The number of nitrogens with one attached hydrogen (secondary N) is 1. The van der Waals surface area contributed by atoms with Crippen LogP contribution in [-0.4, -0.2) is 38.6 Å². The van der Waals surface area contributed by atoms with E-state index in [9.17, 15) is 13.2 Å². The lowest BCUT2D eigenvalue weighted by Crippen LogP contribution is -2.36. The van der Waals surface area contributed by atoms with E-state index in [2.05, 4.69) is 20.7 Å². The maximum Gasteiger partial charge on any atom is 0.261 e. The van der Waals surface area contributed by atoms with Crippen molar-refractivity contribution in [1.29, 1.82) is 0 Å². The molecule has 2 aromatic carbocycles. The van der Waals surface area contributed by atoms with Gasteiger partial charge in [0.2, 0.25) is 0 Å². The first kappa shape index (κ1) is 20.2. The highest BCUT2D eigenvalue weighted by Gasteiger charge is 2.23. The molecular weight excluding hydrogens is 448 g/mol. The summed E-state index contributed by atoms with van der Waals surface area (Å²) in [6.45, 7) is 1.45. The summed E-state index contributed by atoms with van der Waals surface area (Å²) in [4.78, 5) is 15.6. The Hall–Kier alpha value is -1.51. The molecular formula is C19H21BrN2O3S2. The van der Waals surface area contributed by atoms with Crippen molar-refractivity contribution in [2.45, 2.75) is 29.1 Å². The van der Waals surface area contributed by atoms with Crippen LogP contribution in [0.2, 0.25) is 0 Å². The van der Waals surface area contributed by atoms with Gasteiger partial charge in [-0.05, 0) is 68.0 Å². The number of thioether (sulfide) groups is 1. The average Bonchev–Trinajstić information content (AvgIpc) is 2.69. The lowest BCUT2D eigenvalue weighted by Gasteiger charge is -2.27. The van der Waals surface area contributed by atoms with Gasteiger partial charge in [-0.2, -0.15) is 0 Å². The molecule has 2 aromatic rings. The molecule has 0 aliphatic carbocycles. The molecule has 1 saturated heterocycles. The first-order valence-electron chi connectivity index (χ1n) is 8.66. The SMILES string of the molecule is CSc1ccc(S(=O)(=O)Nc2ccc(Br)cc2)cc1C(=O)N1CCCCC1. The summed E-state index contributed by atoms with van der Waals surface area (Å²) in [6.07, 6.45) is 4.99. The second-order valence-electron chi connectivity index (χ2n) is 6.33. The van der Waals surface area contributed by atoms with Gasteiger partial charge in [0.25, 0.3) is 15.9 Å². The van der Waals surface area contributed by atoms with Crippen LogP contribution in [0.5, 0.6) is 0 Å². The highest BCUT2D eigenvalue weighted by molar-refractivity contribution is 9.10. The Bertz CT molecular complexity index is 924. The number of anilines is 1. The predicted molar refractivity (Wildman–Crippen MR) is 113 cm³/mol. The number of piperidine rings is 1. The van der Waals surface area contributed by atoms with E-state index >= 15 is 0 Å². The Labute approximate surface area is 172 Å². The van der Waals surface area contributed by atoms with Crippen LogP contribution in [0.25, 0.3) is 0 Å². The number of halogens is 1. The van der Waals surface area contributed by atoms with E-state index in [-0.39, 0.29) is 10.8 Å². The molecule has 5 nitrogen and oxygen atoms in total. The van der Waals surface area contributed by atoms with Gasteiger partial charge in [0, 0.05) is 28.1 Å². The smallest absolute Gasteiger partial charge is 0.261 e. The number of sulfonamides is 1. The molecule has 0 saturated carbocycles. The van der Waals surface area contributed by atoms with Crippen molar-refractivity contribution in [2.24, 2.45) is 0 Å². The first-order chi connectivity index (χ1) is 12.9. The van der Waals surface area contributed by atoms with Gasteiger partial charge in [-0.25, -0.2) is 8.42 Å². The van der Waals surface area contributed by atoms with Crippen molar-refractivity contribution in [2.75, 3.05) is 24.1 Å². The lowest BCUT2D eigenvalue weighted by atomic mass is 10.1. The summed E-state index contributed by atoms with van der Waals surface area (Å²) in [5.74, 6) is -0.0975. The van der Waals surface area contributed by atoms with E-state index < -0.39 is 10.0 Å². The minimum atomic E-state index is -3.78. The summed E-state index contributed by atoms with van der Waals surface area (Å²) in [5.41, 5.74) is 0.916.